The van der Waals surface area contributed by atoms with Crippen molar-refractivity contribution in [3.63, 3.8) is 0 Å². The molecule has 0 aliphatic rings. The molecule has 4 nitrogen and oxygen atoms in total. The molecule has 24 heavy (non-hydrogen) atoms. The van der Waals surface area contributed by atoms with Crippen LogP contribution in [0.4, 0.5) is 0 Å². The summed E-state index contributed by atoms with van der Waals surface area (Å²) in [4.78, 5) is 12.2. The number of ether oxygens (including phenoxy) is 2. The summed E-state index contributed by atoms with van der Waals surface area (Å²) in [6.07, 6.45) is 1.31. The van der Waals surface area contributed by atoms with Gasteiger partial charge >= 0.3 is 5.97 Å². The van der Waals surface area contributed by atoms with Crippen LogP contribution in [0.2, 0.25) is 0 Å². The lowest BCUT2D eigenvalue weighted by molar-refractivity contribution is -0.142. The molecular weight excluding hydrogens is 304 g/mol. The molecular formula is C20H24O4. The van der Waals surface area contributed by atoms with E-state index in [2.05, 4.69) is 0 Å². The summed E-state index contributed by atoms with van der Waals surface area (Å²) in [5.74, 6) is 0.153. The van der Waals surface area contributed by atoms with Gasteiger partial charge in [0.1, 0.15) is 5.75 Å². The Kier molecular flexibility index (Phi) is 6.82. The van der Waals surface area contributed by atoms with Crippen molar-refractivity contribution in [1.82, 2.24) is 0 Å². The van der Waals surface area contributed by atoms with E-state index in [1.54, 1.807) is 7.11 Å². The normalized spacial score (nSPS) is 13.1. The highest BCUT2D eigenvalue weighted by molar-refractivity contribution is 5.78. The van der Waals surface area contributed by atoms with Crippen molar-refractivity contribution in [2.24, 2.45) is 0 Å². The molecule has 4 heteroatoms. The highest BCUT2D eigenvalue weighted by Gasteiger charge is 2.23. The second kappa shape index (κ2) is 9.08. The first-order valence-electron chi connectivity index (χ1n) is 8.07. The summed E-state index contributed by atoms with van der Waals surface area (Å²) in [5.41, 5.74) is 1.98. The van der Waals surface area contributed by atoms with Gasteiger partial charge in [0.05, 0.1) is 20.1 Å². The zero-order chi connectivity index (χ0) is 17.4. The molecule has 2 aromatic carbocycles. The minimum atomic E-state index is -0.348. The van der Waals surface area contributed by atoms with Crippen molar-refractivity contribution >= 4 is 5.97 Å². The van der Waals surface area contributed by atoms with Gasteiger partial charge in [-0.15, -0.1) is 0 Å². The SMILES string of the molecule is COC(=O)C(CCC(CO)c1ccccc1)c1ccc(OC)cc1. The summed E-state index contributed by atoms with van der Waals surface area (Å²) in [5, 5.41) is 9.69. The van der Waals surface area contributed by atoms with Gasteiger partial charge in [0.2, 0.25) is 0 Å². The summed E-state index contributed by atoms with van der Waals surface area (Å²) in [6, 6.07) is 17.3. The lowest BCUT2D eigenvalue weighted by atomic mass is 9.87. The van der Waals surface area contributed by atoms with Gasteiger partial charge in [0.15, 0.2) is 0 Å². The van der Waals surface area contributed by atoms with Gasteiger partial charge in [-0.05, 0) is 36.1 Å². The predicted octanol–water partition coefficient (Wildman–Crippen LogP) is 3.51. The van der Waals surface area contributed by atoms with Gasteiger partial charge in [-0.3, -0.25) is 4.79 Å². The standard InChI is InChI=1S/C20H24O4/c1-23-18-11-8-16(9-12-18)19(20(22)24-2)13-10-17(14-21)15-6-4-3-5-7-15/h3-9,11-12,17,19,21H,10,13-14H2,1-2H3. The van der Waals surface area contributed by atoms with Gasteiger partial charge in [-0.1, -0.05) is 42.5 Å². The van der Waals surface area contributed by atoms with Gasteiger partial charge in [0, 0.05) is 12.5 Å². The molecule has 0 saturated carbocycles. The van der Waals surface area contributed by atoms with Crippen LogP contribution in [0.1, 0.15) is 35.8 Å². The molecule has 2 rings (SSSR count). The van der Waals surface area contributed by atoms with Gasteiger partial charge in [-0.25, -0.2) is 0 Å². The van der Waals surface area contributed by atoms with Crippen molar-refractivity contribution in [2.75, 3.05) is 20.8 Å². The number of esters is 1. The van der Waals surface area contributed by atoms with Gasteiger partial charge < -0.3 is 14.6 Å². The predicted molar refractivity (Wildman–Crippen MR) is 93.3 cm³/mol. The van der Waals surface area contributed by atoms with Crippen molar-refractivity contribution in [3.05, 3.63) is 65.7 Å². The molecule has 2 aromatic rings. The average molecular weight is 328 g/mol. The molecule has 0 aliphatic carbocycles. The monoisotopic (exact) mass is 328 g/mol. The van der Waals surface area contributed by atoms with Crippen molar-refractivity contribution in [2.45, 2.75) is 24.7 Å². The van der Waals surface area contributed by atoms with Crippen LogP contribution in [0.25, 0.3) is 0 Å². The quantitative estimate of drug-likeness (QED) is 0.754. The van der Waals surface area contributed by atoms with E-state index < -0.39 is 0 Å². The van der Waals surface area contributed by atoms with Gasteiger partial charge in [-0.2, -0.15) is 0 Å². The van der Waals surface area contributed by atoms with E-state index in [0.717, 1.165) is 16.9 Å². The molecule has 128 valence electrons. The smallest absolute Gasteiger partial charge is 0.313 e. The number of rotatable bonds is 8. The number of carbonyl (C=O) groups is 1. The fourth-order valence-electron chi connectivity index (χ4n) is 2.86. The van der Waals surface area contributed by atoms with Crippen LogP contribution >= 0.6 is 0 Å². The number of benzene rings is 2. The van der Waals surface area contributed by atoms with E-state index in [0.29, 0.717) is 12.8 Å². The third-order valence-electron chi connectivity index (χ3n) is 4.30. The summed E-state index contributed by atoms with van der Waals surface area (Å²) < 4.78 is 10.1. The maximum Gasteiger partial charge on any atom is 0.313 e. The molecule has 2 unspecified atom stereocenters. The van der Waals surface area contributed by atoms with E-state index >= 15 is 0 Å². The fourth-order valence-corrected chi connectivity index (χ4v) is 2.86. The molecule has 1 N–H and O–H groups in total. The zero-order valence-electron chi connectivity index (χ0n) is 14.1. The Morgan fingerprint density at radius 2 is 1.62 bits per heavy atom. The largest absolute Gasteiger partial charge is 0.497 e. The Balaban J connectivity index is 2.12. The van der Waals surface area contributed by atoms with Crippen LogP contribution in [-0.4, -0.2) is 31.9 Å². The first-order valence-corrected chi connectivity index (χ1v) is 8.07. The highest BCUT2D eigenvalue weighted by atomic mass is 16.5. The lowest BCUT2D eigenvalue weighted by Crippen LogP contribution is -2.16. The maximum atomic E-state index is 12.2. The first kappa shape index (κ1) is 18.0. The zero-order valence-corrected chi connectivity index (χ0v) is 14.1. The molecule has 0 heterocycles. The van der Waals surface area contributed by atoms with Crippen LogP contribution < -0.4 is 4.74 Å². The third-order valence-corrected chi connectivity index (χ3v) is 4.30. The molecule has 0 aliphatic heterocycles. The van der Waals surface area contributed by atoms with E-state index in [-0.39, 0.29) is 24.4 Å². The molecule has 0 aromatic heterocycles. The molecule has 0 radical (unpaired) electrons. The summed E-state index contributed by atoms with van der Waals surface area (Å²) in [7, 11) is 3.01. The van der Waals surface area contributed by atoms with Crippen LogP contribution in [-0.2, 0) is 9.53 Å². The Morgan fingerprint density at radius 3 is 2.17 bits per heavy atom. The van der Waals surface area contributed by atoms with Crippen LogP contribution in [0.5, 0.6) is 5.75 Å². The van der Waals surface area contributed by atoms with Crippen molar-refractivity contribution in [3.8, 4) is 5.75 Å². The van der Waals surface area contributed by atoms with Crippen LogP contribution in [0.15, 0.2) is 54.6 Å². The maximum absolute atomic E-state index is 12.2. The first-order chi connectivity index (χ1) is 11.7. The van der Waals surface area contributed by atoms with E-state index in [4.69, 9.17) is 9.47 Å². The molecule has 0 bridgehead atoms. The topological polar surface area (TPSA) is 55.8 Å². The number of hydrogen-bond donors (Lipinski definition) is 1. The molecule has 0 saturated heterocycles. The highest BCUT2D eigenvalue weighted by Crippen LogP contribution is 2.29. The minimum absolute atomic E-state index is 0.0107. The van der Waals surface area contributed by atoms with E-state index in [1.165, 1.54) is 7.11 Å². The average Bonchev–Trinajstić information content (AvgIpc) is 2.66. The Hall–Kier alpha value is -2.33. The Morgan fingerprint density at radius 1 is 0.958 bits per heavy atom. The second-order valence-corrected chi connectivity index (χ2v) is 5.72. The molecule has 2 atom stereocenters. The van der Waals surface area contributed by atoms with Gasteiger partial charge in [0.25, 0.3) is 0 Å². The number of hydrogen-bond acceptors (Lipinski definition) is 4. The van der Waals surface area contributed by atoms with Crippen molar-refractivity contribution < 1.29 is 19.4 Å². The minimum Gasteiger partial charge on any atom is -0.497 e. The van der Waals surface area contributed by atoms with E-state index in [9.17, 15) is 9.90 Å². The number of aliphatic hydroxyl groups excluding tert-OH is 1. The fraction of sp³-hybridized carbons (Fsp3) is 0.350. The molecule has 0 fully saturated rings. The summed E-state index contributed by atoms with van der Waals surface area (Å²) in [6.45, 7) is 0.0561. The Bertz CT molecular complexity index is 622. The van der Waals surface area contributed by atoms with Crippen molar-refractivity contribution in [1.29, 1.82) is 0 Å². The number of carbonyl (C=O) groups excluding carboxylic acids is 1. The lowest BCUT2D eigenvalue weighted by Gasteiger charge is -2.19. The number of aliphatic hydroxyl groups is 1. The molecule has 0 spiro atoms. The summed E-state index contributed by atoms with van der Waals surface area (Å²) >= 11 is 0. The molecule has 0 amide bonds. The Labute approximate surface area is 143 Å². The number of methoxy groups -OCH3 is 2. The van der Waals surface area contributed by atoms with E-state index in [1.807, 2.05) is 54.6 Å². The third kappa shape index (κ3) is 4.59. The van der Waals surface area contributed by atoms with Crippen LogP contribution in [0, 0.1) is 0 Å². The van der Waals surface area contributed by atoms with Crippen LogP contribution in [0.3, 0.4) is 0 Å². The second-order valence-electron chi connectivity index (χ2n) is 5.72.